The summed E-state index contributed by atoms with van der Waals surface area (Å²) >= 11 is 0. The number of hydrogen-bond acceptors (Lipinski definition) is 10. The number of aromatic nitrogens is 3. The van der Waals surface area contributed by atoms with E-state index in [1.54, 1.807) is 14.0 Å². The largest absolute Gasteiger partial charge is 0.497 e. The van der Waals surface area contributed by atoms with Crippen molar-refractivity contribution in [3.63, 3.8) is 0 Å². The minimum atomic E-state index is -3.99. The molecule has 1 aromatic carbocycles. The Bertz CT molecular complexity index is 2220. The molecule has 56 heavy (non-hydrogen) atoms. The number of H-pyrrole nitrogens is 1. The van der Waals surface area contributed by atoms with Gasteiger partial charge in [0.15, 0.2) is 0 Å². The van der Waals surface area contributed by atoms with Crippen LogP contribution in [0, 0.1) is 5.92 Å². The normalized spacial score (nSPS) is 29.1. The number of sulfonamides is 1. The van der Waals surface area contributed by atoms with Gasteiger partial charge in [0.1, 0.15) is 34.7 Å². The number of allylic oxidation sites excluding steroid dienone is 1. The summed E-state index contributed by atoms with van der Waals surface area (Å²) in [4.78, 5) is 63.3. The molecule has 2 aliphatic carbocycles. The lowest BCUT2D eigenvalue weighted by Crippen LogP contribution is -2.58. The fraction of sp³-hybridized carbons (Fsp3) is 0.550. The maximum Gasteiger partial charge on any atom is 0.259 e. The van der Waals surface area contributed by atoms with E-state index in [4.69, 9.17) is 14.5 Å². The number of pyridine rings is 1. The minimum Gasteiger partial charge on any atom is -0.497 e. The van der Waals surface area contributed by atoms with Crippen LogP contribution in [-0.4, -0.2) is 93.8 Å². The van der Waals surface area contributed by atoms with Gasteiger partial charge in [-0.05, 0) is 82.9 Å². The molecule has 1 spiro atoms. The lowest BCUT2D eigenvalue weighted by Gasteiger charge is -2.37. The number of fused-ring (bicyclic) bond motifs is 5. The van der Waals surface area contributed by atoms with Gasteiger partial charge in [-0.1, -0.05) is 31.9 Å². The van der Waals surface area contributed by atoms with Gasteiger partial charge >= 0.3 is 0 Å². The second kappa shape index (κ2) is 14.2. The van der Waals surface area contributed by atoms with E-state index in [1.807, 2.05) is 37.3 Å². The molecule has 298 valence electrons. The number of aromatic amines is 1. The first-order valence-corrected chi connectivity index (χ1v) is 21.1. The zero-order valence-corrected chi connectivity index (χ0v) is 32.8. The molecule has 15 nitrogen and oxygen atoms in total. The second-order valence-electron chi connectivity index (χ2n) is 16.3. The molecule has 4 amide bonds. The summed E-state index contributed by atoms with van der Waals surface area (Å²) in [5.74, 6) is -1.39. The second-order valence-corrected chi connectivity index (χ2v) is 18.5. The van der Waals surface area contributed by atoms with Crippen LogP contribution in [0.4, 0.5) is 0 Å². The number of hydrogen-bond donors (Lipinski definition) is 4. The summed E-state index contributed by atoms with van der Waals surface area (Å²) in [6.07, 6.45) is 12.8. The third kappa shape index (κ3) is 6.79. The highest BCUT2D eigenvalue weighted by Crippen LogP contribution is 2.49. The number of benzene rings is 1. The van der Waals surface area contributed by atoms with Crippen LogP contribution in [0.25, 0.3) is 10.9 Å². The molecular formula is C40H49N7O8S. The van der Waals surface area contributed by atoms with E-state index in [2.05, 4.69) is 25.6 Å². The average Bonchev–Trinajstić information content (AvgIpc) is 3.96. The van der Waals surface area contributed by atoms with Crippen molar-refractivity contribution in [2.24, 2.45) is 5.92 Å². The average molecular weight is 788 g/mol. The molecule has 5 heterocycles. The molecule has 3 aliphatic heterocycles. The van der Waals surface area contributed by atoms with Crippen molar-refractivity contribution in [3.8, 4) is 11.5 Å². The zero-order chi connectivity index (χ0) is 39.5. The third-order valence-corrected chi connectivity index (χ3v) is 14.6. The molecule has 16 heteroatoms. The van der Waals surface area contributed by atoms with Crippen molar-refractivity contribution >= 4 is 44.6 Å². The van der Waals surface area contributed by atoms with Crippen LogP contribution in [0.15, 0.2) is 42.7 Å². The highest BCUT2D eigenvalue weighted by Gasteiger charge is 2.64. The number of carbonyl (C=O) groups is 4. The van der Waals surface area contributed by atoms with E-state index in [0.717, 1.165) is 35.0 Å². The standard InChI is InChI=1S/C40H49N7O8S/c1-4-29-33-27(28-18-26(54-3)12-13-30(28)43-29)14-15-39(55-33)20-32-35(49)45-40(37(51)46-56(52,53)38(2)16-17-38)19-25(40)10-8-6-5-7-9-11-31(36(50)47(32)23-39)44-34(48)24-21-41-42-22-24/h8,10,12-13,18,21-22,25,31-32H,4-7,9,11,14-17,19-20,23H2,1-3H3,(H,41,42)(H,44,48)(H,45,49)(H,46,51)/b10-8-/t25-,31+,32+,39-,40-/m1/s1. The molecule has 3 fully saturated rings. The molecular weight excluding hydrogens is 739 g/mol. The van der Waals surface area contributed by atoms with Crippen molar-refractivity contribution in [2.45, 2.75) is 119 Å². The van der Waals surface area contributed by atoms with Crippen LogP contribution in [0.2, 0.25) is 0 Å². The Kier molecular flexibility index (Phi) is 9.61. The quantitative estimate of drug-likeness (QED) is 0.257. The van der Waals surface area contributed by atoms with Gasteiger partial charge in [-0.15, -0.1) is 0 Å². The Labute approximate surface area is 325 Å². The summed E-state index contributed by atoms with van der Waals surface area (Å²) in [6, 6.07) is 3.69. The summed E-state index contributed by atoms with van der Waals surface area (Å²) < 4.78 is 40.2. The molecule has 5 aliphatic rings. The van der Waals surface area contributed by atoms with Gasteiger partial charge < -0.3 is 25.0 Å². The molecule has 0 radical (unpaired) electrons. The number of ether oxygens (including phenoxy) is 2. The molecule has 8 rings (SSSR count). The van der Waals surface area contributed by atoms with Gasteiger partial charge in [-0.3, -0.25) is 29.0 Å². The van der Waals surface area contributed by atoms with Gasteiger partial charge in [0.05, 0.1) is 41.4 Å². The Balaban J connectivity index is 1.15. The molecule has 1 saturated heterocycles. The van der Waals surface area contributed by atoms with Crippen LogP contribution < -0.4 is 24.8 Å². The van der Waals surface area contributed by atoms with Crippen molar-refractivity contribution in [1.82, 2.24) is 35.4 Å². The van der Waals surface area contributed by atoms with Gasteiger partial charge in [0, 0.05) is 29.5 Å². The number of aryl methyl sites for hydroxylation is 2. The van der Waals surface area contributed by atoms with E-state index in [9.17, 15) is 27.6 Å². The number of carbonyl (C=O) groups excluding carboxylic acids is 4. The Morgan fingerprint density at radius 1 is 1.12 bits per heavy atom. The van der Waals surface area contributed by atoms with Gasteiger partial charge in [0.25, 0.3) is 11.8 Å². The highest BCUT2D eigenvalue weighted by atomic mass is 32.2. The van der Waals surface area contributed by atoms with Crippen molar-refractivity contribution in [1.29, 1.82) is 0 Å². The smallest absolute Gasteiger partial charge is 0.259 e. The first-order chi connectivity index (χ1) is 26.8. The van der Waals surface area contributed by atoms with E-state index in [0.29, 0.717) is 62.9 Å². The van der Waals surface area contributed by atoms with E-state index in [-0.39, 0.29) is 24.9 Å². The van der Waals surface area contributed by atoms with Gasteiger partial charge in [-0.2, -0.15) is 5.10 Å². The lowest BCUT2D eigenvalue weighted by atomic mass is 9.87. The van der Waals surface area contributed by atoms with Crippen LogP contribution in [-0.2, 0) is 37.2 Å². The van der Waals surface area contributed by atoms with Crippen LogP contribution in [0.3, 0.4) is 0 Å². The highest BCUT2D eigenvalue weighted by molar-refractivity contribution is 7.91. The Hall–Kier alpha value is -4.99. The fourth-order valence-corrected chi connectivity index (χ4v) is 9.87. The summed E-state index contributed by atoms with van der Waals surface area (Å²) in [6.45, 7) is 3.65. The SMILES string of the molecule is CCc1nc2ccc(OC)cc2c2c1O[C@]1(CC2)C[C@H]2C(=O)N[C@]3(C(=O)NS(=O)(=O)C4(C)CC4)C[C@H]3/C=C\CCCCC[C@H](NC(=O)c3cn[nH]c3)C(=O)N2C1. The first kappa shape index (κ1) is 37.9. The maximum absolute atomic E-state index is 14.8. The van der Waals surface area contributed by atoms with Crippen LogP contribution in [0.5, 0.6) is 11.5 Å². The molecule has 0 bridgehead atoms. The molecule has 3 aromatic rings. The third-order valence-electron chi connectivity index (χ3n) is 12.5. The monoisotopic (exact) mass is 787 g/mol. The van der Waals surface area contributed by atoms with Crippen molar-refractivity contribution in [2.75, 3.05) is 13.7 Å². The Morgan fingerprint density at radius 2 is 1.95 bits per heavy atom. The van der Waals surface area contributed by atoms with Crippen LogP contribution in [0.1, 0.15) is 99.7 Å². The summed E-state index contributed by atoms with van der Waals surface area (Å²) in [7, 11) is -2.38. The zero-order valence-electron chi connectivity index (χ0n) is 32.0. The maximum atomic E-state index is 14.8. The number of amides is 4. The molecule has 2 aromatic heterocycles. The predicted molar refractivity (Wildman–Crippen MR) is 205 cm³/mol. The molecule has 5 atom stereocenters. The number of rotatable bonds is 7. The van der Waals surface area contributed by atoms with E-state index in [1.165, 1.54) is 17.3 Å². The summed E-state index contributed by atoms with van der Waals surface area (Å²) in [5, 5.41) is 13.3. The Morgan fingerprint density at radius 3 is 2.68 bits per heavy atom. The minimum absolute atomic E-state index is 0.0516. The molecule has 0 unspecified atom stereocenters. The van der Waals surface area contributed by atoms with Crippen molar-refractivity contribution in [3.05, 3.63) is 59.6 Å². The lowest BCUT2D eigenvalue weighted by molar-refractivity contribution is -0.141. The first-order valence-electron chi connectivity index (χ1n) is 19.6. The summed E-state index contributed by atoms with van der Waals surface area (Å²) in [5.41, 5.74) is 0.328. The predicted octanol–water partition coefficient (Wildman–Crippen LogP) is 3.39. The van der Waals surface area contributed by atoms with Crippen LogP contribution >= 0.6 is 0 Å². The van der Waals surface area contributed by atoms with E-state index < -0.39 is 67.5 Å². The molecule has 2 saturated carbocycles. The fourth-order valence-electron chi connectivity index (χ4n) is 8.56. The van der Waals surface area contributed by atoms with Crippen molar-refractivity contribution < 1.29 is 37.1 Å². The van der Waals surface area contributed by atoms with E-state index >= 15 is 0 Å². The number of nitrogens with zero attached hydrogens (tertiary/aromatic N) is 3. The van der Waals surface area contributed by atoms with Gasteiger partial charge in [0.2, 0.25) is 21.8 Å². The molecule has 4 N–H and O–H groups in total. The van der Waals surface area contributed by atoms with Gasteiger partial charge in [-0.25, -0.2) is 13.4 Å². The number of methoxy groups -OCH3 is 1. The topological polar surface area (TPSA) is 202 Å². The number of nitrogens with one attached hydrogen (secondary N) is 4.